The van der Waals surface area contributed by atoms with Crippen molar-refractivity contribution < 1.29 is 5.11 Å². The highest BCUT2D eigenvalue weighted by Crippen LogP contribution is 2.17. The fourth-order valence-corrected chi connectivity index (χ4v) is 1.11. The van der Waals surface area contributed by atoms with E-state index in [1.165, 1.54) is 6.20 Å². The molecule has 1 aromatic rings. The molecule has 1 aromatic heterocycles. The highest BCUT2D eigenvalue weighted by atomic mass is 79.9. The summed E-state index contributed by atoms with van der Waals surface area (Å²) in [4.78, 5) is 3.86. The summed E-state index contributed by atoms with van der Waals surface area (Å²) in [6.45, 7) is -0.0556. The van der Waals surface area contributed by atoms with Crippen LogP contribution in [0.2, 0.25) is 5.02 Å². The maximum absolute atomic E-state index is 8.71. The molecule has 0 aromatic carbocycles. The van der Waals surface area contributed by atoms with E-state index < -0.39 is 0 Å². The van der Waals surface area contributed by atoms with E-state index in [2.05, 4.69) is 20.9 Å². The van der Waals surface area contributed by atoms with Gasteiger partial charge in [0.2, 0.25) is 0 Å². The third-order valence-corrected chi connectivity index (χ3v) is 1.85. The van der Waals surface area contributed by atoms with Gasteiger partial charge in [0.15, 0.2) is 0 Å². The van der Waals surface area contributed by atoms with Crippen molar-refractivity contribution in [3.8, 4) is 0 Å². The summed E-state index contributed by atoms with van der Waals surface area (Å²) in [6.07, 6.45) is 1.50. The van der Waals surface area contributed by atoms with E-state index in [1.807, 2.05) is 0 Å². The average molecular weight is 222 g/mol. The molecule has 0 saturated carbocycles. The second-order valence-electron chi connectivity index (χ2n) is 1.76. The van der Waals surface area contributed by atoms with E-state index in [-0.39, 0.29) is 6.61 Å². The van der Waals surface area contributed by atoms with Crippen molar-refractivity contribution in [1.29, 1.82) is 0 Å². The molecule has 4 heteroatoms. The van der Waals surface area contributed by atoms with Crippen molar-refractivity contribution in [2.24, 2.45) is 0 Å². The smallest absolute Gasteiger partial charge is 0.106 e. The fraction of sp³-hybridized carbons (Fsp3) is 0.167. The van der Waals surface area contributed by atoms with E-state index in [0.717, 1.165) is 0 Å². The molecule has 0 aliphatic heterocycles. The number of halogens is 2. The number of pyridine rings is 1. The molecule has 0 amide bonds. The number of aliphatic hydroxyl groups excluding tert-OH is 1. The summed E-state index contributed by atoms with van der Waals surface area (Å²) < 4.78 is 0.681. The standard InChI is InChI=1S/C6H5BrClNO/c7-6-1-4(3-10)5(8)2-9-6/h1-2,10H,3H2. The largest absolute Gasteiger partial charge is 0.392 e. The second-order valence-corrected chi connectivity index (χ2v) is 2.98. The van der Waals surface area contributed by atoms with Crippen LogP contribution in [0, 0.1) is 0 Å². The molecule has 0 bridgehead atoms. The molecule has 54 valence electrons. The van der Waals surface area contributed by atoms with Crippen LogP contribution in [-0.2, 0) is 6.61 Å². The van der Waals surface area contributed by atoms with Gasteiger partial charge in [0.1, 0.15) is 4.60 Å². The Balaban J connectivity index is 3.09. The minimum absolute atomic E-state index is 0.0556. The van der Waals surface area contributed by atoms with Gasteiger partial charge in [0, 0.05) is 11.8 Å². The van der Waals surface area contributed by atoms with Gasteiger partial charge in [-0.2, -0.15) is 0 Å². The van der Waals surface area contributed by atoms with E-state index >= 15 is 0 Å². The van der Waals surface area contributed by atoms with Crippen LogP contribution in [0.15, 0.2) is 16.9 Å². The topological polar surface area (TPSA) is 33.1 Å². The van der Waals surface area contributed by atoms with Crippen LogP contribution >= 0.6 is 27.5 Å². The van der Waals surface area contributed by atoms with E-state index in [0.29, 0.717) is 15.2 Å². The normalized spacial score (nSPS) is 9.90. The summed E-state index contributed by atoms with van der Waals surface area (Å²) in [5, 5.41) is 9.20. The lowest BCUT2D eigenvalue weighted by Gasteiger charge is -1.97. The van der Waals surface area contributed by atoms with Crippen molar-refractivity contribution >= 4 is 27.5 Å². The third-order valence-electron chi connectivity index (χ3n) is 1.07. The Bertz CT molecular complexity index is 241. The first-order valence-electron chi connectivity index (χ1n) is 2.65. The number of nitrogens with zero attached hydrogens (tertiary/aromatic N) is 1. The molecular weight excluding hydrogens is 217 g/mol. The zero-order valence-electron chi connectivity index (χ0n) is 5.01. The first-order chi connectivity index (χ1) is 4.74. The molecule has 0 fully saturated rings. The molecule has 2 nitrogen and oxygen atoms in total. The lowest BCUT2D eigenvalue weighted by molar-refractivity contribution is 0.281. The van der Waals surface area contributed by atoms with Gasteiger partial charge in [-0.1, -0.05) is 11.6 Å². The van der Waals surface area contributed by atoms with Crippen LogP contribution in [0.4, 0.5) is 0 Å². The Morgan fingerprint density at radius 1 is 1.70 bits per heavy atom. The van der Waals surface area contributed by atoms with Gasteiger partial charge in [-0.25, -0.2) is 4.98 Å². The van der Waals surface area contributed by atoms with Crippen molar-refractivity contribution in [3.05, 3.63) is 27.5 Å². The molecule has 1 N–H and O–H groups in total. The SMILES string of the molecule is OCc1cc(Br)ncc1Cl. The Hall–Kier alpha value is -0.120. The minimum Gasteiger partial charge on any atom is -0.392 e. The van der Waals surface area contributed by atoms with Crippen LogP contribution in [0.25, 0.3) is 0 Å². The average Bonchev–Trinajstić information content (AvgIpc) is 1.94. The van der Waals surface area contributed by atoms with Crippen LogP contribution in [0.5, 0.6) is 0 Å². The van der Waals surface area contributed by atoms with Crippen LogP contribution in [-0.4, -0.2) is 10.1 Å². The maximum atomic E-state index is 8.71. The van der Waals surface area contributed by atoms with Gasteiger partial charge in [0.25, 0.3) is 0 Å². The summed E-state index contributed by atoms with van der Waals surface area (Å²) in [5.41, 5.74) is 0.684. The highest BCUT2D eigenvalue weighted by molar-refractivity contribution is 9.10. The number of hydrogen-bond donors (Lipinski definition) is 1. The Morgan fingerprint density at radius 2 is 2.40 bits per heavy atom. The maximum Gasteiger partial charge on any atom is 0.106 e. The predicted molar refractivity (Wildman–Crippen MR) is 42.9 cm³/mol. The summed E-state index contributed by atoms with van der Waals surface area (Å²) in [6, 6.07) is 1.68. The Labute approximate surface area is 72.0 Å². The highest BCUT2D eigenvalue weighted by Gasteiger charge is 1.98. The minimum atomic E-state index is -0.0556. The van der Waals surface area contributed by atoms with Crippen molar-refractivity contribution in [2.75, 3.05) is 0 Å². The lowest BCUT2D eigenvalue weighted by Crippen LogP contribution is -1.86. The Kier molecular flexibility index (Phi) is 2.65. The van der Waals surface area contributed by atoms with Crippen molar-refractivity contribution in [3.63, 3.8) is 0 Å². The quantitative estimate of drug-likeness (QED) is 0.737. The molecular formula is C6H5BrClNO. The zero-order valence-corrected chi connectivity index (χ0v) is 7.35. The monoisotopic (exact) mass is 221 g/mol. The van der Waals surface area contributed by atoms with E-state index in [4.69, 9.17) is 16.7 Å². The molecule has 0 radical (unpaired) electrons. The Morgan fingerprint density at radius 3 is 2.90 bits per heavy atom. The van der Waals surface area contributed by atoms with Crippen LogP contribution in [0.1, 0.15) is 5.56 Å². The van der Waals surface area contributed by atoms with E-state index in [1.54, 1.807) is 6.07 Å². The lowest BCUT2D eigenvalue weighted by atomic mass is 10.3. The second kappa shape index (κ2) is 3.32. The molecule has 0 spiro atoms. The molecule has 0 unspecified atom stereocenters. The number of aliphatic hydroxyl groups is 1. The third kappa shape index (κ3) is 1.68. The van der Waals surface area contributed by atoms with E-state index in [9.17, 15) is 0 Å². The van der Waals surface area contributed by atoms with Gasteiger partial charge >= 0.3 is 0 Å². The first-order valence-corrected chi connectivity index (χ1v) is 3.82. The fourth-order valence-electron chi connectivity index (χ4n) is 0.572. The first kappa shape index (κ1) is 7.98. The molecule has 0 saturated heterocycles. The number of hydrogen-bond acceptors (Lipinski definition) is 2. The summed E-state index contributed by atoms with van der Waals surface area (Å²) >= 11 is 8.81. The van der Waals surface area contributed by atoms with Gasteiger partial charge in [-0.3, -0.25) is 0 Å². The molecule has 0 atom stereocenters. The number of rotatable bonds is 1. The molecule has 1 heterocycles. The molecule has 0 aliphatic rings. The van der Waals surface area contributed by atoms with Crippen molar-refractivity contribution in [2.45, 2.75) is 6.61 Å². The van der Waals surface area contributed by atoms with Crippen LogP contribution in [0.3, 0.4) is 0 Å². The summed E-state index contributed by atoms with van der Waals surface area (Å²) in [5.74, 6) is 0. The zero-order chi connectivity index (χ0) is 7.56. The molecule has 0 aliphatic carbocycles. The van der Waals surface area contributed by atoms with Gasteiger partial charge in [-0.05, 0) is 22.0 Å². The molecule has 1 rings (SSSR count). The van der Waals surface area contributed by atoms with Gasteiger partial charge < -0.3 is 5.11 Å². The number of aromatic nitrogens is 1. The molecule has 10 heavy (non-hydrogen) atoms. The van der Waals surface area contributed by atoms with Gasteiger partial charge in [0.05, 0.1) is 11.6 Å². The van der Waals surface area contributed by atoms with Crippen molar-refractivity contribution in [1.82, 2.24) is 4.98 Å². The van der Waals surface area contributed by atoms with Gasteiger partial charge in [-0.15, -0.1) is 0 Å². The summed E-state index contributed by atoms with van der Waals surface area (Å²) in [7, 11) is 0. The van der Waals surface area contributed by atoms with Crippen LogP contribution < -0.4 is 0 Å². The predicted octanol–water partition coefficient (Wildman–Crippen LogP) is 1.99.